The van der Waals surface area contributed by atoms with E-state index in [9.17, 15) is 5.26 Å². The Kier molecular flexibility index (Phi) is 3.50. The van der Waals surface area contributed by atoms with Gasteiger partial charge in [-0.05, 0) is 30.1 Å². The van der Waals surface area contributed by atoms with E-state index < -0.39 is 0 Å². The summed E-state index contributed by atoms with van der Waals surface area (Å²) >= 11 is 0. The minimum atomic E-state index is -0.376. The summed E-state index contributed by atoms with van der Waals surface area (Å²) in [6.45, 7) is 13.5. The zero-order valence-electron chi connectivity index (χ0n) is 11.1. The Bertz CT molecular complexity index is 291. The van der Waals surface area contributed by atoms with Gasteiger partial charge >= 0.3 is 0 Å². The summed E-state index contributed by atoms with van der Waals surface area (Å²) in [5, 5.41) is 12.9. The lowest BCUT2D eigenvalue weighted by Crippen LogP contribution is -2.54. The maximum absolute atomic E-state index is 9.49. The van der Waals surface area contributed by atoms with E-state index >= 15 is 0 Å². The first-order chi connectivity index (χ1) is 7.24. The zero-order chi connectivity index (χ0) is 12.4. The lowest BCUT2D eigenvalue weighted by Gasteiger charge is -2.49. The quantitative estimate of drug-likeness (QED) is 0.741. The van der Waals surface area contributed by atoms with Gasteiger partial charge in [-0.1, -0.05) is 33.8 Å². The van der Waals surface area contributed by atoms with E-state index in [1.807, 2.05) is 6.08 Å². The van der Waals surface area contributed by atoms with Gasteiger partial charge in [-0.15, -0.1) is 6.58 Å². The molecule has 0 aromatic heterocycles. The van der Waals surface area contributed by atoms with Gasteiger partial charge in [-0.25, -0.2) is 0 Å². The third-order valence-corrected chi connectivity index (χ3v) is 3.32. The Morgan fingerprint density at radius 2 is 1.69 bits per heavy atom. The van der Waals surface area contributed by atoms with Crippen molar-refractivity contribution in [1.82, 2.24) is 5.32 Å². The Hall–Kier alpha value is -0.810. The highest BCUT2D eigenvalue weighted by Gasteiger charge is 2.47. The summed E-state index contributed by atoms with van der Waals surface area (Å²) in [5.41, 5.74) is 0.0801. The van der Waals surface area contributed by atoms with Crippen molar-refractivity contribution in [2.75, 3.05) is 6.54 Å². The van der Waals surface area contributed by atoms with Gasteiger partial charge in [0.1, 0.15) is 5.54 Å². The van der Waals surface area contributed by atoms with Gasteiger partial charge in [0.2, 0.25) is 0 Å². The summed E-state index contributed by atoms with van der Waals surface area (Å²) < 4.78 is 0. The molecular formula is C14H24N2. The third kappa shape index (κ3) is 3.09. The minimum Gasteiger partial charge on any atom is -0.296 e. The van der Waals surface area contributed by atoms with Crippen LogP contribution in [0.1, 0.15) is 47.0 Å². The summed E-state index contributed by atoms with van der Waals surface area (Å²) in [7, 11) is 0. The topological polar surface area (TPSA) is 35.8 Å². The second kappa shape index (κ2) is 4.22. The molecule has 1 rings (SSSR count). The Morgan fingerprint density at radius 3 is 2.06 bits per heavy atom. The van der Waals surface area contributed by atoms with Crippen LogP contribution in [0.25, 0.3) is 0 Å². The van der Waals surface area contributed by atoms with E-state index in [1.165, 1.54) is 6.42 Å². The van der Waals surface area contributed by atoms with Crippen molar-refractivity contribution in [2.24, 2.45) is 10.8 Å². The standard InChI is InChI=1S/C14H24N2/c1-6-7-16-14(11-15)9-12(2,3)8-13(4,5)10-14/h6,16H,1,7-10H2,2-5H3. The molecule has 0 saturated heterocycles. The maximum atomic E-state index is 9.49. The number of nitrogens with one attached hydrogen (secondary N) is 1. The lowest BCUT2D eigenvalue weighted by atomic mass is 9.59. The van der Waals surface area contributed by atoms with Crippen LogP contribution in [0, 0.1) is 22.2 Å². The molecular weight excluding hydrogens is 196 g/mol. The van der Waals surface area contributed by atoms with Gasteiger partial charge in [-0.3, -0.25) is 5.32 Å². The van der Waals surface area contributed by atoms with Crippen molar-refractivity contribution < 1.29 is 0 Å². The van der Waals surface area contributed by atoms with Crippen molar-refractivity contribution in [2.45, 2.75) is 52.5 Å². The molecule has 0 heterocycles. The lowest BCUT2D eigenvalue weighted by molar-refractivity contribution is 0.0571. The fourth-order valence-corrected chi connectivity index (χ4v) is 3.63. The van der Waals surface area contributed by atoms with Crippen LogP contribution in [0.15, 0.2) is 12.7 Å². The van der Waals surface area contributed by atoms with Crippen molar-refractivity contribution in [3.8, 4) is 6.07 Å². The zero-order valence-corrected chi connectivity index (χ0v) is 11.1. The molecule has 0 bridgehead atoms. The van der Waals surface area contributed by atoms with Crippen molar-refractivity contribution >= 4 is 0 Å². The molecule has 1 aliphatic carbocycles. The average molecular weight is 220 g/mol. The summed E-state index contributed by atoms with van der Waals surface area (Å²) in [6, 6.07) is 2.50. The molecule has 1 aliphatic rings. The Balaban J connectivity index is 2.93. The average Bonchev–Trinajstić information content (AvgIpc) is 2.10. The molecule has 0 atom stereocenters. The van der Waals surface area contributed by atoms with Crippen LogP contribution in [-0.2, 0) is 0 Å². The number of rotatable bonds is 3. The normalized spacial score (nSPS) is 25.7. The highest BCUT2D eigenvalue weighted by atomic mass is 15.0. The van der Waals surface area contributed by atoms with Gasteiger partial charge in [-0.2, -0.15) is 5.26 Å². The smallest absolute Gasteiger partial charge is 0.108 e. The summed E-state index contributed by atoms with van der Waals surface area (Å²) in [4.78, 5) is 0. The van der Waals surface area contributed by atoms with Gasteiger partial charge in [0, 0.05) is 6.54 Å². The molecule has 0 aromatic carbocycles. The SMILES string of the molecule is C=CCNC1(C#N)CC(C)(C)CC(C)(C)C1. The molecule has 0 radical (unpaired) electrons. The number of nitrogens with zero attached hydrogens (tertiary/aromatic N) is 1. The van der Waals surface area contributed by atoms with Crippen LogP contribution in [0.5, 0.6) is 0 Å². The second-order valence-electron chi connectivity index (χ2n) is 6.72. The highest BCUT2D eigenvalue weighted by molar-refractivity contribution is 5.15. The van der Waals surface area contributed by atoms with E-state index in [0.29, 0.717) is 6.54 Å². The molecule has 16 heavy (non-hydrogen) atoms. The predicted molar refractivity (Wildman–Crippen MR) is 68.0 cm³/mol. The van der Waals surface area contributed by atoms with E-state index in [2.05, 4.69) is 45.7 Å². The van der Waals surface area contributed by atoms with Gasteiger partial charge < -0.3 is 0 Å². The first-order valence-electron chi connectivity index (χ1n) is 6.01. The summed E-state index contributed by atoms with van der Waals surface area (Å²) in [5.74, 6) is 0. The Morgan fingerprint density at radius 1 is 1.19 bits per heavy atom. The molecule has 2 heteroatoms. The van der Waals surface area contributed by atoms with Gasteiger partial charge in [0.05, 0.1) is 6.07 Å². The molecule has 90 valence electrons. The van der Waals surface area contributed by atoms with E-state index in [-0.39, 0.29) is 16.4 Å². The van der Waals surface area contributed by atoms with Gasteiger partial charge in [0.15, 0.2) is 0 Å². The van der Waals surface area contributed by atoms with Crippen molar-refractivity contribution in [3.05, 3.63) is 12.7 Å². The molecule has 2 nitrogen and oxygen atoms in total. The van der Waals surface area contributed by atoms with Crippen LogP contribution in [0.3, 0.4) is 0 Å². The first-order valence-corrected chi connectivity index (χ1v) is 6.01. The molecule has 0 amide bonds. The number of hydrogen-bond donors (Lipinski definition) is 1. The van der Waals surface area contributed by atoms with E-state index in [0.717, 1.165) is 12.8 Å². The van der Waals surface area contributed by atoms with E-state index in [4.69, 9.17) is 0 Å². The fourth-order valence-electron chi connectivity index (χ4n) is 3.63. The van der Waals surface area contributed by atoms with Crippen LogP contribution in [0.4, 0.5) is 0 Å². The monoisotopic (exact) mass is 220 g/mol. The molecule has 1 N–H and O–H groups in total. The Labute approximate surface area is 99.7 Å². The minimum absolute atomic E-state index is 0.228. The largest absolute Gasteiger partial charge is 0.296 e. The molecule has 0 spiro atoms. The van der Waals surface area contributed by atoms with Crippen molar-refractivity contribution in [3.63, 3.8) is 0 Å². The van der Waals surface area contributed by atoms with Gasteiger partial charge in [0.25, 0.3) is 0 Å². The number of nitriles is 1. The molecule has 1 fully saturated rings. The van der Waals surface area contributed by atoms with Crippen molar-refractivity contribution in [1.29, 1.82) is 5.26 Å². The molecule has 0 unspecified atom stereocenters. The van der Waals surface area contributed by atoms with Crippen LogP contribution >= 0.6 is 0 Å². The van der Waals surface area contributed by atoms with E-state index in [1.54, 1.807) is 0 Å². The maximum Gasteiger partial charge on any atom is 0.108 e. The van der Waals surface area contributed by atoms with Crippen LogP contribution in [0.2, 0.25) is 0 Å². The number of hydrogen-bond acceptors (Lipinski definition) is 2. The summed E-state index contributed by atoms with van der Waals surface area (Å²) in [6.07, 6.45) is 4.86. The molecule has 1 saturated carbocycles. The fraction of sp³-hybridized carbons (Fsp3) is 0.786. The first kappa shape index (κ1) is 13.3. The molecule has 0 aromatic rings. The van der Waals surface area contributed by atoms with Crippen LogP contribution < -0.4 is 5.32 Å². The molecule has 0 aliphatic heterocycles. The third-order valence-electron chi connectivity index (χ3n) is 3.32. The second-order valence-corrected chi connectivity index (χ2v) is 6.72. The van der Waals surface area contributed by atoms with Crippen LogP contribution in [-0.4, -0.2) is 12.1 Å². The predicted octanol–water partition coefficient (Wildman–Crippen LogP) is 3.26. The highest BCUT2D eigenvalue weighted by Crippen LogP contribution is 2.49.